The second kappa shape index (κ2) is 3.80. The monoisotopic (exact) mass is 246 g/mol. The predicted molar refractivity (Wildman–Crippen MR) is 61.5 cm³/mol. The van der Waals surface area contributed by atoms with Gasteiger partial charge in [0.05, 0.1) is 12.0 Å². The molecule has 2 aliphatic heterocycles. The smallest absolute Gasteiger partial charge is 0.309 e. The lowest BCUT2D eigenvalue weighted by Crippen LogP contribution is -2.38. The molecule has 94 valence electrons. The SMILES string of the molecule is O=C1OC2C[C@H]1C[C@H]1OC(c3ccccc3)O[C@@H]21. The van der Waals surface area contributed by atoms with Gasteiger partial charge in [-0.25, -0.2) is 0 Å². The highest BCUT2D eigenvalue weighted by Crippen LogP contribution is 2.44. The Morgan fingerprint density at radius 3 is 2.61 bits per heavy atom. The van der Waals surface area contributed by atoms with Crippen LogP contribution in [0.4, 0.5) is 0 Å². The van der Waals surface area contributed by atoms with Crippen molar-refractivity contribution < 1.29 is 19.0 Å². The number of fused-ring (bicyclic) bond motifs is 4. The van der Waals surface area contributed by atoms with Crippen LogP contribution in [0.15, 0.2) is 30.3 Å². The topological polar surface area (TPSA) is 44.8 Å². The van der Waals surface area contributed by atoms with Gasteiger partial charge in [-0.1, -0.05) is 30.3 Å². The fraction of sp³-hybridized carbons (Fsp3) is 0.500. The average Bonchev–Trinajstić information content (AvgIpc) is 2.95. The Balaban J connectivity index is 1.57. The Morgan fingerprint density at radius 2 is 1.78 bits per heavy atom. The number of benzene rings is 1. The summed E-state index contributed by atoms with van der Waals surface area (Å²) in [5, 5.41) is 0. The minimum atomic E-state index is -0.320. The number of carbonyl (C=O) groups is 1. The molecule has 2 bridgehead atoms. The van der Waals surface area contributed by atoms with Crippen molar-refractivity contribution in [2.45, 2.75) is 37.4 Å². The highest BCUT2D eigenvalue weighted by Gasteiger charge is 2.54. The van der Waals surface area contributed by atoms with Crippen LogP contribution in [0.25, 0.3) is 0 Å². The summed E-state index contributed by atoms with van der Waals surface area (Å²) in [6.07, 6.45) is 0.964. The number of esters is 1. The van der Waals surface area contributed by atoms with Crippen molar-refractivity contribution in [2.75, 3.05) is 0 Å². The van der Waals surface area contributed by atoms with Gasteiger partial charge in [-0.2, -0.15) is 0 Å². The molecule has 4 rings (SSSR count). The Morgan fingerprint density at radius 1 is 1.00 bits per heavy atom. The summed E-state index contributed by atoms with van der Waals surface area (Å²) in [6, 6.07) is 9.89. The van der Waals surface area contributed by atoms with Gasteiger partial charge < -0.3 is 14.2 Å². The molecular formula is C14H14O4. The van der Waals surface area contributed by atoms with E-state index in [0.29, 0.717) is 0 Å². The van der Waals surface area contributed by atoms with Gasteiger partial charge >= 0.3 is 5.97 Å². The van der Waals surface area contributed by atoms with Gasteiger partial charge in [-0.3, -0.25) is 4.79 Å². The van der Waals surface area contributed by atoms with Crippen molar-refractivity contribution in [3.05, 3.63) is 35.9 Å². The molecule has 1 aliphatic carbocycles. The van der Waals surface area contributed by atoms with Crippen LogP contribution in [-0.4, -0.2) is 24.3 Å². The zero-order chi connectivity index (χ0) is 12.1. The summed E-state index contributed by atoms with van der Waals surface area (Å²) in [5.74, 6) is -0.0766. The number of hydrogen-bond donors (Lipinski definition) is 0. The molecule has 3 fully saturated rings. The average molecular weight is 246 g/mol. The first-order chi connectivity index (χ1) is 8.81. The van der Waals surface area contributed by atoms with Gasteiger partial charge in [0.1, 0.15) is 12.2 Å². The number of rotatable bonds is 1. The number of ether oxygens (including phenoxy) is 3. The molecule has 1 aromatic carbocycles. The Bertz CT molecular complexity index is 472. The molecule has 0 amide bonds. The summed E-state index contributed by atoms with van der Waals surface area (Å²) in [6.45, 7) is 0. The first-order valence-corrected chi connectivity index (χ1v) is 6.37. The van der Waals surface area contributed by atoms with Gasteiger partial charge in [-0.15, -0.1) is 0 Å². The maximum Gasteiger partial charge on any atom is 0.309 e. The molecule has 4 nitrogen and oxygen atoms in total. The Kier molecular flexibility index (Phi) is 2.22. The van der Waals surface area contributed by atoms with Crippen LogP contribution < -0.4 is 0 Å². The summed E-state index contributed by atoms with van der Waals surface area (Å²) in [7, 11) is 0. The molecule has 2 unspecified atom stereocenters. The number of carbonyl (C=O) groups excluding carboxylic acids is 1. The molecule has 2 heterocycles. The van der Waals surface area contributed by atoms with Crippen LogP contribution in [0.3, 0.4) is 0 Å². The van der Waals surface area contributed by atoms with Crippen LogP contribution in [-0.2, 0) is 19.0 Å². The predicted octanol–water partition coefficient (Wildman–Crippen LogP) is 1.80. The normalized spacial score (nSPS) is 41.6. The number of hydrogen-bond acceptors (Lipinski definition) is 4. The molecule has 1 saturated carbocycles. The van der Waals surface area contributed by atoms with Crippen molar-refractivity contribution in [2.24, 2.45) is 5.92 Å². The van der Waals surface area contributed by atoms with E-state index in [1.54, 1.807) is 0 Å². The second-order valence-electron chi connectivity index (χ2n) is 5.16. The van der Waals surface area contributed by atoms with Gasteiger partial charge in [0.15, 0.2) is 6.29 Å². The molecule has 0 aromatic heterocycles. The molecule has 1 aromatic rings. The molecule has 2 saturated heterocycles. The van der Waals surface area contributed by atoms with E-state index in [2.05, 4.69) is 0 Å². The molecular weight excluding hydrogens is 232 g/mol. The van der Waals surface area contributed by atoms with E-state index in [0.717, 1.165) is 18.4 Å². The third-order valence-electron chi connectivity index (χ3n) is 4.02. The maximum absolute atomic E-state index is 11.5. The van der Waals surface area contributed by atoms with Gasteiger partial charge in [0.2, 0.25) is 0 Å². The first kappa shape index (κ1) is 10.5. The molecule has 18 heavy (non-hydrogen) atoms. The lowest BCUT2D eigenvalue weighted by Gasteiger charge is -2.24. The zero-order valence-corrected chi connectivity index (χ0v) is 9.82. The molecule has 3 aliphatic rings. The van der Waals surface area contributed by atoms with Gasteiger partial charge in [0, 0.05) is 12.0 Å². The van der Waals surface area contributed by atoms with Gasteiger partial charge in [-0.05, 0) is 6.42 Å². The standard InChI is InChI=1S/C14H14O4/c15-13-9-6-10(16-13)12-11(7-9)17-14(18-12)8-4-2-1-3-5-8/h1-5,9-12,14H,6-7H2/t9-,10?,11+,12-,14?/m0/s1. The van der Waals surface area contributed by atoms with Crippen LogP contribution >= 0.6 is 0 Å². The highest BCUT2D eigenvalue weighted by atomic mass is 16.7. The van der Waals surface area contributed by atoms with E-state index in [9.17, 15) is 4.79 Å². The van der Waals surface area contributed by atoms with Crippen molar-refractivity contribution in [3.63, 3.8) is 0 Å². The fourth-order valence-electron chi connectivity index (χ4n) is 3.13. The maximum atomic E-state index is 11.5. The van der Waals surface area contributed by atoms with Crippen LogP contribution in [0, 0.1) is 5.92 Å². The van der Waals surface area contributed by atoms with Crippen molar-refractivity contribution in [3.8, 4) is 0 Å². The lowest BCUT2D eigenvalue weighted by molar-refractivity contribution is -0.149. The highest BCUT2D eigenvalue weighted by molar-refractivity contribution is 5.75. The van der Waals surface area contributed by atoms with E-state index in [-0.39, 0.29) is 36.5 Å². The largest absolute Gasteiger partial charge is 0.459 e. The second-order valence-corrected chi connectivity index (χ2v) is 5.16. The summed E-state index contributed by atoms with van der Waals surface area (Å²) in [4.78, 5) is 11.5. The third-order valence-corrected chi connectivity index (χ3v) is 4.02. The van der Waals surface area contributed by atoms with Crippen LogP contribution in [0.2, 0.25) is 0 Å². The fourth-order valence-corrected chi connectivity index (χ4v) is 3.13. The minimum Gasteiger partial charge on any atom is -0.459 e. The van der Waals surface area contributed by atoms with E-state index >= 15 is 0 Å². The summed E-state index contributed by atoms with van der Waals surface area (Å²) < 4.78 is 17.2. The first-order valence-electron chi connectivity index (χ1n) is 6.37. The lowest BCUT2D eigenvalue weighted by atomic mass is 9.86. The van der Waals surface area contributed by atoms with E-state index in [1.807, 2.05) is 30.3 Å². The molecule has 0 radical (unpaired) electrons. The van der Waals surface area contributed by atoms with Crippen LogP contribution in [0.5, 0.6) is 0 Å². The van der Waals surface area contributed by atoms with E-state index in [4.69, 9.17) is 14.2 Å². The van der Waals surface area contributed by atoms with E-state index in [1.165, 1.54) is 0 Å². The molecule has 4 heteroatoms. The van der Waals surface area contributed by atoms with Crippen molar-refractivity contribution in [1.82, 2.24) is 0 Å². The van der Waals surface area contributed by atoms with Crippen molar-refractivity contribution >= 4 is 5.97 Å². The third kappa shape index (κ3) is 1.49. The molecule has 0 spiro atoms. The van der Waals surface area contributed by atoms with Crippen molar-refractivity contribution in [1.29, 1.82) is 0 Å². The minimum absolute atomic E-state index is 0.00868. The Hall–Kier alpha value is -1.39. The Labute approximate surface area is 105 Å². The quantitative estimate of drug-likeness (QED) is 0.709. The molecule has 0 N–H and O–H groups in total. The van der Waals surface area contributed by atoms with Gasteiger partial charge in [0.25, 0.3) is 0 Å². The van der Waals surface area contributed by atoms with E-state index < -0.39 is 0 Å². The molecule has 5 atom stereocenters. The summed E-state index contributed by atoms with van der Waals surface area (Å²) in [5.41, 5.74) is 1.02. The van der Waals surface area contributed by atoms with Crippen LogP contribution in [0.1, 0.15) is 24.7 Å². The zero-order valence-electron chi connectivity index (χ0n) is 9.82. The summed E-state index contributed by atoms with van der Waals surface area (Å²) >= 11 is 0.